The fourth-order valence-corrected chi connectivity index (χ4v) is 3.71. The maximum absolute atomic E-state index is 10.6. The van der Waals surface area contributed by atoms with E-state index in [0.29, 0.717) is 13.0 Å². The summed E-state index contributed by atoms with van der Waals surface area (Å²) in [6.45, 7) is 4.25. The van der Waals surface area contributed by atoms with Crippen molar-refractivity contribution in [3.8, 4) is 11.1 Å². The van der Waals surface area contributed by atoms with Crippen LogP contribution in [0.3, 0.4) is 0 Å². The maximum atomic E-state index is 10.6. The van der Waals surface area contributed by atoms with E-state index in [4.69, 9.17) is 0 Å². The molecule has 1 atom stereocenters. The van der Waals surface area contributed by atoms with Crippen LogP contribution in [0, 0.1) is 0 Å². The van der Waals surface area contributed by atoms with Gasteiger partial charge in [-0.05, 0) is 48.6 Å². The van der Waals surface area contributed by atoms with E-state index in [0.717, 1.165) is 30.4 Å². The highest BCUT2D eigenvalue weighted by molar-refractivity contribution is 9.10. The molecule has 2 aromatic carbocycles. The number of benzene rings is 2. The van der Waals surface area contributed by atoms with Crippen molar-refractivity contribution in [2.24, 2.45) is 0 Å². The fraction of sp³-hybridized carbons (Fsp3) is 0.429. The van der Waals surface area contributed by atoms with E-state index in [1.165, 1.54) is 16.7 Å². The van der Waals surface area contributed by atoms with Crippen LogP contribution >= 0.6 is 15.9 Å². The third kappa shape index (κ3) is 5.14. The van der Waals surface area contributed by atoms with Crippen molar-refractivity contribution >= 4 is 15.9 Å². The van der Waals surface area contributed by atoms with Gasteiger partial charge in [0, 0.05) is 30.5 Å². The first-order valence-electron chi connectivity index (χ1n) is 8.90. The summed E-state index contributed by atoms with van der Waals surface area (Å²) in [7, 11) is 0. The Morgan fingerprint density at radius 1 is 1.08 bits per heavy atom. The minimum Gasteiger partial charge on any atom is -0.391 e. The molecule has 3 rings (SSSR count). The predicted octanol–water partition coefficient (Wildman–Crippen LogP) is 3.87. The molecule has 2 aromatic rings. The lowest BCUT2D eigenvalue weighted by molar-refractivity contribution is -0.0157. The lowest BCUT2D eigenvalue weighted by Crippen LogP contribution is -2.45. The Bertz CT molecular complexity index is 689. The minimum atomic E-state index is -0.546. The molecule has 1 saturated heterocycles. The molecule has 4 heteroatoms. The molecular formula is C21H26BrNO2. The SMILES string of the molecule is CC1(O)CCN(CC(O)Cc2ccccc2-c2ccc(Br)cc2)CC1. The Labute approximate surface area is 158 Å². The van der Waals surface area contributed by atoms with Crippen molar-refractivity contribution in [3.63, 3.8) is 0 Å². The molecule has 1 aliphatic rings. The van der Waals surface area contributed by atoms with Crippen molar-refractivity contribution in [1.29, 1.82) is 0 Å². The lowest BCUT2D eigenvalue weighted by atomic mass is 9.93. The highest BCUT2D eigenvalue weighted by atomic mass is 79.9. The molecule has 0 spiro atoms. The van der Waals surface area contributed by atoms with E-state index in [9.17, 15) is 10.2 Å². The van der Waals surface area contributed by atoms with Gasteiger partial charge in [0.25, 0.3) is 0 Å². The van der Waals surface area contributed by atoms with Crippen LogP contribution < -0.4 is 0 Å². The smallest absolute Gasteiger partial charge is 0.0707 e. The van der Waals surface area contributed by atoms with Gasteiger partial charge in [0.15, 0.2) is 0 Å². The number of likely N-dealkylation sites (tertiary alicyclic amines) is 1. The summed E-state index contributed by atoms with van der Waals surface area (Å²) in [5, 5.41) is 20.6. The molecule has 0 radical (unpaired) electrons. The van der Waals surface area contributed by atoms with Gasteiger partial charge in [-0.15, -0.1) is 0 Å². The summed E-state index contributed by atoms with van der Waals surface area (Å²) in [6.07, 6.45) is 1.78. The van der Waals surface area contributed by atoms with E-state index in [1.807, 2.05) is 31.2 Å². The summed E-state index contributed by atoms with van der Waals surface area (Å²) in [5.74, 6) is 0. The van der Waals surface area contributed by atoms with Crippen LogP contribution in [0.1, 0.15) is 25.3 Å². The lowest BCUT2D eigenvalue weighted by Gasteiger charge is -2.36. The van der Waals surface area contributed by atoms with Crippen molar-refractivity contribution in [1.82, 2.24) is 4.90 Å². The zero-order valence-electron chi connectivity index (χ0n) is 14.7. The van der Waals surface area contributed by atoms with Gasteiger partial charge in [0.05, 0.1) is 11.7 Å². The maximum Gasteiger partial charge on any atom is 0.0707 e. The van der Waals surface area contributed by atoms with E-state index < -0.39 is 11.7 Å². The molecule has 3 nitrogen and oxygen atoms in total. The molecule has 2 N–H and O–H groups in total. The molecule has 0 aliphatic carbocycles. The van der Waals surface area contributed by atoms with Gasteiger partial charge in [-0.2, -0.15) is 0 Å². The Morgan fingerprint density at radius 3 is 2.40 bits per heavy atom. The Hall–Kier alpha value is -1.20. The molecule has 0 saturated carbocycles. The first-order valence-corrected chi connectivity index (χ1v) is 9.69. The summed E-state index contributed by atoms with van der Waals surface area (Å²) in [4.78, 5) is 2.25. The Balaban J connectivity index is 1.66. The second kappa shape index (κ2) is 8.00. The second-order valence-corrected chi connectivity index (χ2v) is 8.24. The van der Waals surface area contributed by atoms with Crippen LogP contribution in [0.25, 0.3) is 11.1 Å². The first-order chi connectivity index (χ1) is 11.9. The van der Waals surface area contributed by atoms with Gasteiger partial charge >= 0.3 is 0 Å². The number of halogens is 1. The quantitative estimate of drug-likeness (QED) is 0.796. The van der Waals surface area contributed by atoms with E-state index in [-0.39, 0.29) is 0 Å². The molecule has 1 fully saturated rings. The molecule has 0 amide bonds. The number of hydrogen-bond acceptors (Lipinski definition) is 3. The first kappa shape index (κ1) is 18.6. The molecule has 134 valence electrons. The number of aliphatic hydroxyl groups is 2. The summed E-state index contributed by atoms with van der Waals surface area (Å²) < 4.78 is 1.06. The topological polar surface area (TPSA) is 43.7 Å². The molecule has 0 aromatic heterocycles. The van der Waals surface area contributed by atoms with Crippen LogP contribution in [-0.2, 0) is 6.42 Å². The van der Waals surface area contributed by atoms with Gasteiger partial charge in [0.2, 0.25) is 0 Å². The number of rotatable bonds is 5. The molecule has 25 heavy (non-hydrogen) atoms. The predicted molar refractivity (Wildman–Crippen MR) is 106 cm³/mol. The van der Waals surface area contributed by atoms with Gasteiger partial charge in [0.1, 0.15) is 0 Å². The zero-order chi connectivity index (χ0) is 17.9. The van der Waals surface area contributed by atoms with Crippen LogP contribution in [0.5, 0.6) is 0 Å². The van der Waals surface area contributed by atoms with Crippen molar-refractivity contribution in [2.45, 2.75) is 37.9 Å². The van der Waals surface area contributed by atoms with Crippen LogP contribution in [0.2, 0.25) is 0 Å². The van der Waals surface area contributed by atoms with Crippen molar-refractivity contribution in [3.05, 3.63) is 58.6 Å². The average molecular weight is 404 g/mol. The van der Waals surface area contributed by atoms with Gasteiger partial charge in [-0.1, -0.05) is 52.3 Å². The van der Waals surface area contributed by atoms with Gasteiger partial charge in [-0.3, -0.25) is 0 Å². The number of piperidine rings is 1. The molecular weight excluding hydrogens is 378 g/mol. The molecule has 1 heterocycles. The zero-order valence-corrected chi connectivity index (χ0v) is 16.2. The van der Waals surface area contributed by atoms with E-state index >= 15 is 0 Å². The van der Waals surface area contributed by atoms with Crippen LogP contribution in [-0.4, -0.2) is 46.5 Å². The number of β-amino-alcohol motifs (C(OH)–C–C–N with tert-alkyl or cyclic N) is 1. The summed E-state index contributed by atoms with van der Waals surface area (Å²) in [6, 6.07) is 16.6. The minimum absolute atomic E-state index is 0.403. The van der Waals surface area contributed by atoms with E-state index in [1.54, 1.807) is 0 Å². The second-order valence-electron chi connectivity index (χ2n) is 7.32. The van der Waals surface area contributed by atoms with E-state index in [2.05, 4.69) is 45.1 Å². The number of aliphatic hydroxyl groups excluding tert-OH is 1. The van der Waals surface area contributed by atoms with Crippen LogP contribution in [0.4, 0.5) is 0 Å². The molecule has 0 bridgehead atoms. The Kier molecular flexibility index (Phi) is 5.95. The Morgan fingerprint density at radius 2 is 1.72 bits per heavy atom. The monoisotopic (exact) mass is 403 g/mol. The molecule has 1 unspecified atom stereocenters. The fourth-order valence-electron chi connectivity index (χ4n) is 3.44. The van der Waals surface area contributed by atoms with Crippen molar-refractivity contribution < 1.29 is 10.2 Å². The number of nitrogens with zero attached hydrogens (tertiary/aromatic N) is 1. The normalized spacial score (nSPS) is 18.9. The summed E-state index contributed by atoms with van der Waals surface area (Å²) >= 11 is 3.48. The number of hydrogen-bond donors (Lipinski definition) is 2. The standard InChI is InChI=1S/C21H26BrNO2/c1-21(25)10-12-23(13-11-21)15-19(24)14-17-4-2-3-5-20(17)16-6-8-18(22)9-7-16/h2-9,19,24-25H,10-15H2,1H3. The molecule has 1 aliphatic heterocycles. The third-order valence-corrected chi connectivity index (χ3v) is 5.56. The van der Waals surface area contributed by atoms with Crippen molar-refractivity contribution in [2.75, 3.05) is 19.6 Å². The highest BCUT2D eigenvalue weighted by Crippen LogP contribution is 2.27. The third-order valence-electron chi connectivity index (χ3n) is 5.03. The van der Waals surface area contributed by atoms with Crippen LogP contribution in [0.15, 0.2) is 53.0 Å². The van der Waals surface area contributed by atoms with Gasteiger partial charge < -0.3 is 15.1 Å². The largest absolute Gasteiger partial charge is 0.391 e. The average Bonchev–Trinajstić information content (AvgIpc) is 2.58. The highest BCUT2D eigenvalue weighted by Gasteiger charge is 2.28. The summed E-state index contributed by atoms with van der Waals surface area (Å²) in [5.41, 5.74) is 2.97. The van der Waals surface area contributed by atoms with Gasteiger partial charge in [-0.25, -0.2) is 0 Å².